The van der Waals surface area contributed by atoms with Gasteiger partial charge in [0.1, 0.15) is 0 Å². The van der Waals surface area contributed by atoms with Crippen LogP contribution < -0.4 is 5.76 Å². The quantitative estimate of drug-likeness (QED) is 0.676. The van der Waals surface area contributed by atoms with Crippen LogP contribution in [0.5, 0.6) is 0 Å². The predicted molar refractivity (Wildman–Crippen MR) is 75.5 cm³/mol. The zero-order valence-corrected chi connectivity index (χ0v) is 11.7. The molecule has 0 aliphatic rings. The maximum absolute atomic E-state index is 13.3. The molecule has 1 atom stereocenters. The molecule has 1 aromatic heterocycles. The lowest BCUT2D eigenvalue weighted by Crippen LogP contribution is -2.08. The Labute approximate surface area is 123 Å². The van der Waals surface area contributed by atoms with E-state index in [0.717, 1.165) is 12.1 Å². The van der Waals surface area contributed by atoms with Gasteiger partial charge in [-0.25, -0.2) is 13.6 Å². The first-order valence-corrected chi connectivity index (χ1v) is 6.59. The summed E-state index contributed by atoms with van der Waals surface area (Å²) >= 11 is 6.29. The van der Waals surface area contributed by atoms with E-state index in [2.05, 4.69) is 0 Å². The van der Waals surface area contributed by atoms with Gasteiger partial charge in [0.25, 0.3) is 0 Å². The third kappa shape index (κ3) is 2.34. The van der Waals surface area contributed by atoms with Gasteiger partial charge in [-0.3, -0.25) is 4.57 Å². The molecule has 1 unspecified atom stereocenters. The van der Waals surface area contributed by atoms with E-state index in [9.17, 15) is 13.6 Å². The summed E-state index contributed by atoms with van der Waals surface area (Å²) in [6.07, 6.45) is 0. The molecule has 3 rings (SSSR count). The van der Waals surface area contributed by atoms with Crippen LogP contribution in [0.15, 0.2) is 45.6 Å². The Morgan fingerprint density at radius 1 is 1.10 bits per heavy atom. The lowest BCUT2D eigenvalue weighted by Gasteiger charge is -2.10. The van der Waals surface area contributed by atoms with Crippen molar-refractivity contribution in [2.45, 2.75) is 5.38 Å². The third-order valence-electron chi connectivity index (χ3n) is 3.35. The molecule has 0 saturated heterocycles. The lowest BCUT2D eigenvalue weighted by molar-refractivity contribution is 0.507. The monoisotopic (exact) mass is 309 g/mol. The highest BCUT2D eigenvalue weighted by molar-refractivity contribution is 6.22. The number of aryl methyl sites for hydroxylation is 1. The van der Waals surface area contributed by atoms with Crippen LogP contribution in [0.4, 0.5) is 8.78 Å². The van der Waals surface area contributed by atoms with Gasteiger partial charge in [-0.15, -0.1) is 11.6 Å². The van der Waals surface area contributed by atoms with Crippen LogP contribution in [0.25, 0.3) is 11.1 Å². The van der Waals surface area contributed by atoms with Crippen molar-refractivity contribution >= 4 is 22.7 Å². The zero-order valence-electron chi connectivity index (χ0n) is 10.9. The van der Waals surface area contributed by atoms with Crippen molar-refractivity contribution in [1.82, 2.24) is 4.57 Å². The van der Waals surface area contributed by atoms with Gasteiger partial charge in [-0.05, 0) is 35.4 Å². The number of hydrogen-bond acceptors (Lipinski definition) is 2. The van der Waals surface area contributed by atoms with Gasteiger partial charge in [0.2, 0.25) is 0 Å². The Bertz CT molecular complexity index is 885. The minimum absolute atomic E-state index is 0.397. The van der Waals surface area contributed by atoms with Crippen LogP contribution in [0.3, 0.4) is 0 Å². The molecule has 0 aliphatic heterocycles. The average molecular weight is 310 g/mol. The highest BCUT2D eigenvalue weighted by atomic mass is 35.5. The van der Waals surface area contributed by atoms with Gasteiger partial charge in [-0.1, -0.05) is 12.1 Å². The van der Waals surface area contributed by atoms with Crippen LogP contribution in [0.2, 0.25) is 0 Å². The summed E-state index contributed by atoms with van der Waals surface area (Å²) in [6.45, 7) is 0. The second kappa shape index (κ2) is 5.00. The van der Waals surface area contributed by atoms with Gasteiger partial charge in [-0.2, -0.15) is 0 Å². The van der Waals surface area contributed by atoms with Crippen molar-refractivity contribution in [2.75, 3.05) is 0 Å². The Kier molecular flexibility index (Phi) is 3.29. The number of benzene rings is 2. The zero-order chi connectivity index (χ0) is 15.1. The van der Waals surface area contributed by atoms with Gasteiger partial charge in [0.15, 0.2) is 17.2 Å². The number of alkyl halides is 1. The fourth-order valence-corrected chi connectivity index (χ4v) is 2.44. The smallest absolute Gasteiger partial charge is 0.408 e. The number of nitrogens with zero attached hydrogens (tertiary/aromatic N) is 1. The molecule has 0 spiro atoms. The van der Waals surface area contributed by atoms with E-state index < -0.39 is 22.8 Å². The van der Waals surface area contributed by atoms with Gasteiger partial charge >= 0.3 is 5.76 Å². The van der Waals surface area contributed by atoms with E-state index in [4.69, 9.17) is 16.0 Å². The van der Waals surface area contributed by atoms with E-state index in [-0.39, 0.29) is 0 Å². The molecule has 0 N–H and O–H groups in total. The van der Waals surface area contributed by atoms with Crippen molar-refractivity contribution in [3.63, 3.8) is 0 Å². The molecule has 0 amide bonds. The highest BCUT2D eigenvalue weighted by Crippen LogP contribution is 2.31. The van der Waals surface area contributed by atoms with Crippen molar-refractivity contribution in [3.8, 4) is 0 Å². The molecule has 1 heterocycles. The summed E-state index contributed by atoms with van der Waals surface area (Å²) in [5, 5.41) is -0.671. The number of halogens is 3. The molecule has 0 aliphatic carbocycles. The van der Waals surface area contributed by atoms with Crippen LogP contribution in [-0.4, -0.2) is 4.57 Å². The third-order valence-corrected chi connectivity index (χ3v) is 3.85. The van der Waals surface area contributed by atoms with E-state index >= 15 is 0 Å². The van der Waals surface area contributed by atoms with Crippen molar-refractivity contribution in [3.05, 3.63) is 69.7 Å². The van der Waals surface area contributed by atoms with Crippen LogP contribution in [0, 0.1) is 11.6 Å². The molecule has 3 aromatic rings. The molecule has 0 fully saturated rings. The Morgan fingerprint density at radius 2 is 1.76 bits per heavy atom. The first-order chi connectivity index (χ1) is 9.97. The predicted octanol–water partition coefficient (Wildman–Crippen LogP) is 3.74. The molecule has 3 nitrogen and oxygen atoms in total. The fourth-order valence-electron chi connectivity index (χ4n) is 2.17. The molecule has 0 bridgehead atoms. The summed E-state index contributed by atoms with van der Waals surface area (Å²) in [6, 6.07) is 8.54. The molecule has 2 aromatic carbocycles. The Balaban J connectivity index is 2.06. The molecule has 0 saturated carbocycles. The molecule has 21 heavy (non-hydrogen) atoms. The molecular formula is C15H10ClF2NO2. The van der Waals surface area contributed by atoms with E-state index in [1.807, 2.05) is 0 Å². The number of fused-ring (bicyclic) bond motifs is 1. The van der Waals surface area contributed by atoms with Crippen LogP contribution in [-0.2, 0) is 7.05 Å². The maximum atomic E-state index is 13.3. The normalized spacial score (nSPS) is 12.8. The standard InChI is InChI=1S/C15H10ClF2NO2/c1-19-12-5-3-9(7-13(12)21-15(19)20)14(16)8-2-4-10(17)11(18)6-8/h2-7,14H,1H3. The fraction of sp³-hybridized carbons (Fsp3) is 0.133. The summed E-state index contributed by atoms with van der Waals surface area (Å²) < 4.78 is 32.7. The minimum Gasteiger partial charge on any atom is -0.408 e. The minimum atomic E-state index is -0.953. The summed E-state index contributed by atoms with van der Waals surface area (Å²) in [7, 11) is 1.60. The molecule has 0 radical (unpaired) electrons. The summed E-state index contributed by atoms with van der Waals surface area (Å²) in [4.78, 5) is 11.4. The number of aromatic nitrogens is 1. The van der Waals surface area contributed by atoms with Gasteiger partial charge in [0, 0.05) is 7.05 Å². The second-order valence-corrected chi connectivity index (χ2v) is 5.13. The van der Waals surface area contributed by atoms with Crippen molar-refractivity contribution in [2.24, 2.45) is 7.05 Å². The first-order valence-electron chi connectivity index (χ1n) is 6.16. The number of oxazole rings is 1. The average Bonchev–Trinajstić information content (AvgIpc) is 2.76. The van der Waals surface area contributed by atoms with E-state index in [0.29, 0.717) is 22.2 Å². The Morgan fingerprint density at radius 3 is 2.48 bits per heavy atom. The van der Waals surface area contributed by atoms with Crippen LogP contribution >= 0.6 is 11.6 Å². The first kappa shape index (κ1) is 13.8. The molecular weight excluding hydrogens is 300 g/mol. The molecule has 108 valence electrons. The van der Waals surface area contributed by atoms with Crippen molar-refractivity contribution < 1.29 is 13.2 Å². The SMILES string of the molecule is Cn1c(=O)oc2cc(C(Cl)c3ccc(F)c(F)c3)ccc21. The molecule has 6 heteroatoms. The number of hydrogen-bond donors (Lipinski definition) is 0. The summed E-state index contributed by atoms with van der Waals surface area (Å²) in [5.74, 6) is -2.35. The largest absolute Gasteiger partial charge is 0.419 e. The van der Waals surface area contributed by atoms with E-state index in [1.165, 1.54) is 10.6 Å². The Hall–Kier alpha value is -2.14. The van der Waals surface area contributed by atoms with Crippen molar-refractivity contribution in [1.29, 1.82) is 0 Å². The van der Waals surface area contributed by atoms with Gasteiger partial charge in [0.05, 0.1) is 10.9 Å². The van der Waals surface area contributed by atoms with Gasteiger partial charge < -0.3 is 4.42 Å². The van der Waals surface area contributed by atoms with E-state index in [1.54, 1.807) is 25.2 Å². The highest BCUT2D eigenvalue weighted by Gasteiger charge is 2.15. The second-order valence-electron chi connectivity index (χ2n) is 4.69. The topological polar surface area (TPSA) is 35.1 Å². The maximum Gasteiger partial charge on any atom is 0.419 e. The lowest BCUT2D eigenvalue weighted by atomic mass is 10.0. The number of rotatable bonds is 2. The van der Waals surface area contributed by atoms with Crippen LogP contribution in [0.1, 0.15) is 16.5 Å². The summed E-state index contributed by atoms with van der Waals surface area (Å²) in [5.41, 5.74) is 2.09.